The number of esters is 1. The molecule has 8 heteroatoms. The lowest BCUT2D eigenvalue weighted by Crippen LogP contribution is -2.50. The van der Waals surface area contributed by atoms with E-state index in [0.29, 0.717) is 6.42 Å². The van der Waals surface area contributed by atoms with Gasteiger partial charge >= 0.3 is 12.1 Å². The molecule has 0 aliphatic carbocycles. The highest BCUT2D eigenvalue weighted by molar-refractivity contribution is 5.92. The standard InChI is InChI=1S/C21H27N3O5/c1-5-28-18(25)12-24-11-17-14(13-8-6-7-9-15(13)22-17)10-16(19(24)26)23-20(27)29-21(2,3)4/h6-9,16,22H,5,10-12H2,1-4H3,(H,23,27)/t16-/m0/s1. The van der Waals surface area contributed by atoms with Crippen molar-refractivity contribution in [3.63, 3.8) is 0 Å². The van der Waals surface area contributed by atoms with Crippen LogP contribution in [0.25, 0.3) is 10.9 Å². The Kier molecular flexibility index (Phi) is 5.81. The number of nitrogens with one attached hydrogen (secondary N) is 2. The zero-order valence-electron chi connectivity index (χ0n) is 17.2. The van der Waals surface area contributed by atoms with E-state index in [2.05, 4.69) is 10.3 Å². The number of aromatic amines is 1. The zero-order valence-corrected chi connectivity index (χ0v) is 17.2. The molecule has 0 radical (unpaired) electrons. The molecule has 1 aliphatic rings. The molecule has 156 valence electrons. The lowest BCUT2D eigenvalue weighted by atomic mass is 10.0. The summed E-state index contributed by atoms with van der Waals surface area (Å²) in [5.41, 5.74) is 2.05. The van der Waals surface area contributed by atoms with Gasteiger partial charge in [-0.3, -0.25) is 9.59 Å². The van der Waals surface area contributed by atoms with Crippen molar-refractivity contribution in [3.05, 3.63) is 35.5 Å². The molecule has 2 aromatic rings. The molecule has 2 heterocycles. The van der Waals surface area contributed by atoms with Gasteiger partial charge in [0, 0.05) is 23.0 Å². The number of alkyl carbamates (subject to hydrolysis) is 1. The molecular weight excluding hydrogens is 374 g/mol. The second-order valence-electron chi connectivity index (χ2n) is 8.03. The quantitative estimate of drug-likeness (QED) is 0.767. The van der Waals surface area contributed by atoms with Gasteiger partial charge in [0.2, 0.25) is 5.91 Å². The molecule has 1 aromatic heterocycles. The normalized spacial score (nSPS) is 16.9. The van der Waals surface area contributed by atoms with Crippen molar-refractivity contribution >= 4 is 28.9 Å². The molecule has 0 fully saturated rings. The summed E-state index contributed by atoms with van der Waals surface area (Å²) >= 11 is 0. The van der Waals surface area contributed by atoms with E-state index < -0.39 is 23.7 Å². The molecule has 1 aromatic carbocycles. The van der Waals surface area contributed by atoms with Crippen molar-refractivity contribution in [3.8, 4) is 0 Å². The first-order chi connectivity index (χ1) is 13.7. The summed E-state index contributed by atoms with van der Waals surface area (Å²) in [4.78, 5) is 42.2. The van der Waals surface area contributed by atoms with E-state index in [1.54, 1.807) is 27.7 Å². The van der Waals surface area contributed by atoms with E-state index in [-0.39, 0.29) is 25.6 Å². The number of nitrogens with zero attached hydrogens (tertiary/aromatic N) is 1. The van der Waals surface area contributed by atoms with Gasteiger partial charge in [-0.15, -0.1) is 0 Å². The summed E-state index contributed by atoms with van der Waals surface area (Å²) < 4.78 is 10.3. The van der Waals surface area contributed by atoms with E-state index in [1.165, 1.54) is 4.90 Å². The Bertz CT molecular complexity index is 928. The van der Waals surface area contributed by atoms with E-state index in [0.717, 1.165) is 22.2 Å². The Morgan fingerprint density at radius 1 is 1.28 bits per heavy atom. The molecule has 0 spiro atoms. The maximum Gasteiger partial charge on any atom is 0.408 e. The molecule has 0 saturated heterocycles. The van der Waals surface area contributed by atoms with Gasteiger partial charge in [0.1, 0.15) is 18.2 Å². The first-order valence-corrected chi connectivity index (χ1v) is 9.70. The van der Waals surface area contributed by atoms with Gasteiger partial charge < -0.3 is 24.7 Å². The third-order valence-corrected chi connectivity index (χ3v) is 4.59. The Hall–Kier alpha value is -3.03. The van der Waals surface area contributed by atoms with Gasteiger partial charge in [-0.05, 0) is 39.3 Å². The summed E-state index contributed by atoms with van der Waals surface area (Å²) in [6.07, 6.45) is -0.369. The van der Waals surface area contributed by atoms with Crippen LogP contribution in [-0.2, 0) is 32.0 Å². The SMILES string of the molecule is CCOC(=O)CN1Cc2[nH]c3ccccc3c2C[C@H](NC(=O)OC(C)(C)C)C1=O. The van der Waals surface area contributed by atoms with Crippen molar-refractivity contribution < 1.29 is 23.9 Å². The molecule has 1 atom stereocenters. The number of H-pyrrole nitrogens is 1. The van der Waals surface area contributed by atoms with Crippen molar-refractivity contribution in [2.45, 2.75) is 52.3 Å². The van der Waals surface area contributed by atoms with E-state index >= 15 is 0 Å². The number of aromatic nitrogens is 1. The number of hydrogen-bond donors (Lipinski definition) is 2. The minimum Gasteiger partial charge on any atom is -0.465 e. The number of carbonyl (C=O) groups excluding carboxylic acids is 3. The van der Waals surface area contributed by atoms with Gasteiger partial charge in [0.15, 0.2) is 0 Å². The fourth-order valence-corrected chi connectivity index (χ4v) is 3.46. The molecule has 0 bridgehead atoms. The van der Waals surface area contributed by atoms with E-state index in [4.69, 9.17) is 9.47 Å². The number of hydrogen-bond acceptors (Lipinski definition) is 5. The van der Waals surface area contributed by atoms with Crippen molar-refractivity contribution in [1.82, 2.24) is 15.2 Å². The fraction of sp³-hybridized carbons (Fsp3) is 0.476. The van der Waals surface area contributed by atoms with Crippen LogP contribution in [0.3, 0.4) is 0 Å². The van der Waals surface area contributed by atoms with Crippen LogP contribution in [0.4, 0.5) is 4.79 Å². The predicted octanol–water partition coefficient (Wildman–Crippen LogP) is 2.51. The molecule has 3 rings (SSSR count). The molecule has 8 nitrogen and oxygen atoms in total. The van der Waals surface area contributed by atoms with E-state index in [9.17, 15) is 14.4 Å². The highest BCUT2D eigenvalue weighted by Crippen LogP contribution is 2.28. The van der Waals surface area contributed by atoms with Crippen LogP contribution in [0.5, 0.6) is 0 Å². The second-order valence-corrected chi connectivity index (χ2v) is 8.03. The molecular formula is C21H27N3O5. The average Bonchev–Trinajstić information content (AvgIpc) is 2.90. The Morgan fingerprint density at radius 3 is 2.69 bits per heavy atom. The number of rotatable bonds is 4. The zero-order chi connectivity index (χ0) is 21.2. The summed E-state index contributed by atoms with van der Waals surface area (Å²) in [7, 11) is 0. The van der Waals surface area contributed by atoms with Gasteiger partial charge in [-0.1, -0.05) is 18.2 Å². The Balaban J connectivity index is 1.92. The van der Waals surface area contributed by atoms with Gasteiger partial charge in [0.25, 0.3) is 0 Å². The number of ether oxygens (including phenoxy) is 2. The van der Waals surface area contributed by atoms with E-state index in [1.807, 2.05) is 24.3 Å². The summed E-state index contributed by atoms with van der Waals surface area (Å²) in [5, 5.41) is 3.67. The molecule has 1 aliphatic heterocycles. The number of carbonyl (C=O) groups is 3. The summed E-state index contributed by atoms with van der Waals surface area (Å²) in [6, 6.07) is 6.93. The summed E-state index contributed by atoms with van der Waals surface area (Å²) in [6.45, 7) is 7.26. The Morgan fingerprint density at radius 2 is 2.00 bits per heavy atom. The van der Waals surface area contributed by atoms with Crippen molar-refractivity contribution in [2.24, 2.45) is 0 Å². The second kappa shape index (κ2) is 8.14. The molecule has 2 amide bonds. The first kappa shape index (κ1) is 20.7. The topological polar surface area (TPSA) is 101 Å². The number of benzene rings is 1. The smallest absolute Gasteiger partial charge is 0.408 e. The van der Waals surface area contributed by atoms with Gasteiger partial charge in [-0.2, -0.15) is 0 Å². The fourth-order valence-electron chi connectivity index (χ4n) is 3.46. The highest BCUT2D eigenvalue weighted by atomic mass is 16.6. The van der Waals surface area contributed by atoms with Crippen LogP contribution in [0.15, 0.2) is 24.3 Å². The number of fused-ring (bicyclic) bond motifs is 3. The maximum absolute atomic E-state index is 13.1. The van der Waals surface area contributed by atoms with Crippen LogP contribution in [0.1, 0.15) is 39.0 Å². The molecule has 0 unspecified atom stereocenters. The lowest BCUT2D eigenvalue weighted by molar-refractivity contribution is -0.149. The van der Waals surface area contributed by atoms with Gasteiger partial charge in [-0.25, -0.2) is 4.79 Å². The molecule has 0 saturated carbocycles. The summed E-state index contributed by atoms with van der Waals surface area (Å²) in [5.74, 6) is -0.839. The first-order valence-electron chi connectivity index (χ1n) is 9.70. The monoisotopic (exact) mass is 401 g/mol. The minimum absolute atomic E-state index is 0.187. The van der Waals surface area contributed by atoms with Gasteiger partial charge in [0.05, 0.1) is 13.2 Å². The Labute approximate surface area is 169 Å². The van der Waals surface area contributed by atoms with Crippen LogP contribution in [-0.4, -0.2) is 52.6 Å². The van der Waals surface area contributed by atoms with Crippen LogP contribution >= 0.6 is 0 Å². The average molecular weight is 401 g/mol. The third-order valence-electron chi connectivity index (χ3n) is 4.59. The largest absolute Gasteiger partial charge is 0.465 e. The van der Waals surface area contributed by atoms with Crippen LogP contribution in [0.2, 0.25) is 0 Å². The molecule has 29 heavy (non-hydrogen) atoms. The van der Waals surface area contributed by atoms with Crippen molar-refractivity contribution in [1.29, 1.82) is 0 Å². The maximum atomic E-state index is 13.1. The lowest BCUT2D eigenvalue weighted by Gasteiger charge is -2.26. The van der Waals surface area contributed by atoms with Crippen molar-refractivity contribution in [2.75, 3.05) is 13.2 Å². The minimum atomic E-state index is -0.847. The molecule has 2 N–H and O–H groups in total. The van der Waals surface area contributed by atoms with Crippen LogP contribution in [0, 0.1) is 0 Å². The number of amides is 2. The number of para-hydroxylation sites is 1. The highest BCUT2D eigenvalue weighted by Gasteiger charge is 2.34. The van der Waals surface area contributed by atoms with Crippen LogP contribution < -0.4 is 5.32 Å². The third kappa shape index (κ3) is 4.88. The predicted molar refractivity (Wildman–Crippen MR) is 107 cm³/mol.